The molecule has 1 heterocycles. The van der Waals surface area contributed by atoms with Crippen molar-refractivity contribution in [2.24, 2.45) is 0 Å². The van der Waals surface area contributed by atoms with Crippen LogP contribution >= 0.6 is 11.6 Å². The zero-order valence-corrected chi connectivity index (χ0v) is 17.1. The fourth-order valence-electron chi connectivity index (χ4n) is 2.98. The van der Waals surface area contributed by atoms with Crippen molar-refractivity contribution in [2.45, 2.75) is 6.54 Å². The number of aromatic nitrogens is 2. The summed E-state index contributed by atoms with van der Waals surface area (Å²) in [5, 5.41) is 14.4. The van der Waals surface area contributed by atoms with E-state index in [1.165, 1.54) is 12.1 Å². The molecule has 0 atom stereocenters. The van der Waals surface area contributed by atoms with Gasteiger partial charge in [0.05, 0.1) is 10.7 Å². The maximum absolute atomic E-state index is 13.3. The van der Waals surface area contributed by atoms with Gasteiger partial charge in [-0.1, -0.05) is 54.1 Å². The van der Waals surface area contributed by atoms with Gasteiger partial charge >= 0.3 is 0 Å². The third kappa shape index (κ3) is 5.24. The zero-order valence-electron chi connectivity index (χ0n) is 16.3. The Morgan fingerprint density at radius 1 is 0.903 bits per heavy atom. The first-order valence-corrected chi connectivity index (χ1v) is 9.95. The lowest BCUT2D eigenvalue weighted by Crippen LogP contribution is -2.22. The number of carbonyl (C=O) groups is 1. The van der Waals surface area contributed by atoms with E-state index in [2.05, 4.69) is 20.8 Å². The maximum Gasteiger partial charge on any atom is 0.251 e. The van der Waals surface area contributed by atoms with Crippen LogP contribution in [0.25, 0.3) is 11.3 Å². The Balaban J connectivity index is 1.40. The summed E-state index contributed by atoms with van der Waals surface area (Å²) in [6.07, 6.45) is 0. The molecule has 1 amide bonds. The second-order valence-electron chi connectivity index (χ2n) is 6.81. The van der Waals surface area contributed by atoms with Gasteiger partial charge in [0.15, 0.2) is 5.82 Å². The topological polar surface area (TPSA) is 66.9 Å². The molecule has 0 bridgehead atoms. The molecule has 0 radical (unpaired) electrons. The van der Waals surface area contributed by atoms with E-state index in [-0.39, 0.29) is 17.5 Å². The molecule has 31 heavy (non-hydrogen) atoms. The third-order valence-corrected chi connectivity index (χ3v) is 4.86. The third-order valence-electron chi connectivity index (χ3n) is 4.57. The summed E-state index contributed by atoms with van der Waals surface area (Å²) in [7, 11) is 0. The Labute approximate surface area is 183 Å². The summed E-state index contributed by atoms with van der Waals surface area (Å²) in [6.45, 7) is 0.239. The van der Waals surface area contributed by atoms with E-state index in [0.717, 1.165) is 11.3 Å². The Morgan fingerprint density at radius 3 is 2.48 bits per heavy atom. The van der Waals surface area contributed by atoms with Crippen LogP contribution in [-0.2, 0) is 6.54 Å². The minimum absolute atomic E-state index is 0.0253. The smallest absolute Gasteiger partial charge is 0.251 e. The highest BCUT2D eigenvalue weighted by Gasteiger charge is 2.08. The molecular formula is C24H18ClFN4O. The minimum atomic E-state index is -0.490. The van der Waals surface area contributed by atoms with Crippen LogP contribution < -0.4 is 10.6 Å². The Bertz CT molecular complexity index is 1200. The molecule has 0 aliphatic rings. The second kappa shape index (κ2) is 9.36. The average molecular weight is 433 g/mol. The summed E-state index contributed by atoms with van der Waals surface area (Å²) in [5.41, 5.74) is 3.66. The van der Waals surface area contributed by atoms with Gasteiger partial charge in [-0.15, -0.1) is 10.2 Å². The summed E-state index contributed by atoms with van der Waals surface area (Å²) in [5.74, 6) is -0.178. The Morgan fingerprint density at radius 2 is 1.74 bits per heavy atom. The van der Waals surface area contributed by atoms with Crippen molar-refractivity contribution in [2.75, 3.05) is 5.32 Å². The zero-order chi connectivity index (χ0) is 21.6. The predicted molar refractivity (Wildman–Crippen MR) is 120 cm³/mol. The number of nitrogens with one attached hydrogen (secondary N) is 2. The molecule has 0 aliphatic carbocycles. The van der Waals surface area contributed by atoms with Gasteiger partial charge in [-0.05, 0) is 48.0 Å². The molecule has 0 aliphatic heterocycles. The van der Waals surface area contributed by atoms with Crippen molar-refractivity contribution in [3.8, 4) is 11.3 Å². The quantitative estimate of drug-likeness (QED) is 0.415. The summed E-state index contributed by atoms with van der Waals surface area (Å²) in [6, 6.07) is 24.9. The first-order chi connectivity index (χ1) is 15.1. The summed E-state index contributed by atoms with van der Waals surface area (Å²) < 4.78 is 13.3. The van der Waals surface area contributed by atoms with Gasteiger partial charge < -0.3 is 10.6 Å². The lowest BCUT2D eigenvalue weighted by molar-refractivity contribution is 0.0951. The molecule has 0 saturated carbocycles. The van der Waals surface area contributed by atoms with Crippen LogP contribution in [0.5, 0.6) is 0 Å². The lowest BCUT2D eigenvalue weighted by atomic mass is 10.1. The highest BCUT2D eigenvalue weighted by atomic mass is 35.5. The standard InChI is InChI=1S/C24H18ClFN4O/c25-20-13-16(9-10-21(20)26)15-27-24(31)18-7-4-8-19(14-18)28-23-12-11-22(29-30-23)17-5-2-1-3-6-17/h1-14H,15H2,(H,27,31)(H,28,30). The van der Waals surface area contributed by atoms with Crippen molar-refractivity contribution >= 4 is 29.0 Å². The fraction of sp³-hybridized carbons (Fsp3) is 0.0417. The molecule has 4 aromatic rings. The maximum atomic E-state index is 13.3. The van der Waals surface area contributed by atoms with E-state index in [1.807, 2.05) is 48.5 Å². The Hall–Kier alpha value is -3.77. The van der Waals surface area contributed by atoms with Crippen LogP contribution in [0.2, 0.25) is 5.02 Å². The van der Waals surface area contributed by atoms with Gasteiger partial charge in [-0.2, -0.15) is 0 Å². The van der Waals surface area contributed by atoms with Crippen molar-refractivity contribution in [3.63, 3.8) is 0 Å². The van der Waals surface area contributed by atoms with E-state index in [0.29, 0.717) is 22.6 Å². The fourth-order valence-corrected chi connectivity index (χ4v) is 3.19. The highest BCUT2D eigenvalue weighted by molar-refractivity contribution is 6.30. The predicted octanol–water partition coefficient (Wildman–Crippen LogP) is 5.61. The molecule has 2 N–H and O–H groups in total. The van der Waals surface area contributed by atoms with Crippen LogP contribution in [0, 0.1) is 5.82 Å². The van der Waals surface area contributed by atoms with Gasteiger partial charge in [0, 0.05) is 23.4 Å². The van der Waals surface area contributed by atoms with E-state index in [9.17, 15) is 9.18 Å². The van der Waals surface area contributed by atoms with Crippen molar-refractivity contribution < 1.29 is 9.18 Å². The summed E-state index contributed by atoms with van der Waals surface area (Å²) >= 11 is 5.78. The van der Waals surface area contributed by atoms with Crippen LogP contribution in [0.3, 0.4) is 0 Å². The average Bonchev–Trinajstić information content (AvgIpc) is 2.81. The van der Waals surface area contributed by atoms with Crippen molar-refractivity contribution in [1.29, 1.82) is 0 Å². The van der Waals surface area contributed by atoms with Crippen molar-refractivity contribution in [1.82, 2.24) is 15.5 Å². The number of hydrogen-bond acceptors (Lipinski definition) is 4. The normalized spacial score (nSPS) is 10.5. The molecule has 5 nitrogen and oxygen atoms in total. The molecule has 7 heteroatoms. The largest absolute Gasteiger partial charge is 0.348 e. The number of anilines is 2. The number of benzene rings is 3. The van der Waals surface area contributed by atoms with Crippen LogP contribution in [0.1, 0.15) is 15.9 Å². The molecule has 0 saturated heterocycles. The van der Waals surface area contributed by atoms with E-state index in [1.54, 1.807) is 24.3 Å². The van der Waals surface area contributed by atoms with Gasteiger partial charge in [0.2, 0.25) is 0 Å². The second-order valence-corrected chi connectivity index (χ2v) is 7.21. The first kappa shape index (κ1) is 20.5. The number of amides is 1. The lowest BCUT2D eigenvalue weighted by Gasteiger charge is -2.09. The molecule has 0 unspecified atom stereocenters. The van der Waals surface area contributed by atoms with Gasteiger partial charge in [-0.25, -0.2) is 4.39 Å². The van der Waals surface area contributed by atoms with Gasteiger partial charge in [0.25, 0.3) is 5.91 Å². The van der Waals surface area contributed by atoms with Crippen molar-refractivity contribution in [3.05, 3.63) is 107 Å². The molecule has 0 spiro atoms. The van der Waals surface area contributed by atoms with E-state index in [4.69, 9.17) is 11.6 Å². The number of carbonyl (C=O) groups excluding carboxylic acids is 1. The van der Waals surface area contributed by atoms with Gasteiger partial charge in [-0.3, -0.25) is 4.79 Å². The monoisotopic (exact) mass is 432 g/mol. The van der Waals surface area contributed by atoms with Crippen LogP contribution in [0.4, 0.5) is 15.9 Å². The Kier molecular flexibility index (Phi) is 6.19. The number of halogens is 2. The number of rotatable bonds is 6. The van der Waals surface area contributed by atoms with Crippen LogP contribution in [-0.4, -0.2) is 16.1 Å². The molecular weight excluding hydrogens is 415 g/mol. The summed E-state index contributed by atoms with van der Waals surface area (Å²) in [4.78, 5) is 12.5. The van der Waals surface area contributed by atoms with E-state index < -0.39 is 5.82 Å². The minimum Gasteiger partial charge on any atom is -0.348 e. The first-order valence-electron chi connectivity index (χ1n) is 9.57. The number of nitrogens with zero attached hydrogens (tertiary/aromatic N) is 2. The SMILES string of the molecule is O=C(NCc1ccc(F)c(Cl)c1)c1cccc(Nc2ccc(-c3ccccc3)nn2)c1. The molecule has 1 aromatic heterocycles. The number of hydrogen-bond donors (Lipinski definition) is 2. The molecule has 4 rings (SSSR count). The molecule has 3 aromatic carbocycles. The molecule has 0 fully saturated rings. The molecule has 154 valence electrons. The van der Waals surface area contributed by atoms with E-state index >= 15 is 0 Å². The highest BCUT2D eigenvalue weighted by Crippen LogP contribution is 2.20. The van der Waals surface area contributed by atoms with Gasteiger partial charge in [0.1, 0.15) is 5.82 Å². The van der Waals surface area contributed by atoms with Crippen LogP contribution in [0.15, 0.2) is 84.9 Å².